The fourth-order valence-corrected chi connectivity index (χ4v) is 2.40. The second-order valence-corrected chi connectivity index (χ2v) is 6.01. The second kappa shape index (κ2) is 7.50. The average Bonchev–Trinajstić information content (AvgIpc) is 2.55. The summed E-state index contributed by atoms with van der Waals surface area (Å²) in [5.41, 5.74) is 0.709. The van der Waals surface area contributed by atoms with E-state index < -0.39 is 5.91 Å². The van der Waals surface area contributed by atoms with Crippen molar-refractivity contribution >= 4 is 34.9 Å². The van der Waals surface area contributed by atoms with Gasteiger partial charge in [-0.25, -0.2) is 4.98 Å². The highest BCUT2D eigenvalue weighted by atomic mass is 35.5. The smallest absolute Gasteiger partial charge is 0.259 e. The van der Waals surface area contributed by atoms with Crippen LogP contribution in [0, 0.1) is 5.92 Å². The molecular weight excluding hydrogens is 344 g/mol. The predicted molar refractivity (Wildman–Crippen MR) is 95.2 cm³/mol. The van der Waals surface area contributed by atoms with Crippen LogP contribution in [0.5, 0.6) is 5.75 Å². The van der Waals surface area contributed by atoms with E-state index in [-0.39, 0.29) is 17.4 Å². The number of rotatable bonds is 5. The van der Waals surface area contributed by atoms with E-state index in [0.29, 0.717) is 35.4 Å². The molecule has 130 valence electrons. The molecule has 0 bridgehead atoms. The van der Waals surface area contributed by atoms with Crippen LogP contribution in [0.4, 0.5) is 11.5 Å². The molecule has 7 nitrogen and oxygen atoms in total. The first kappa shape index (κ1) is 17.2. The van der Waals surface area contributed by atoms with Gasteiger partial charge in [0.15, 0.2) is 0 Å². The van der Waals surface area contributed by atoms with E-state index in [9.17, 15) is 9.59 Å². The molecule has 25 heavy (non-hydrogen) atoms. The van der Waals surface area contributed by atoms with Crippen LogP contribution < -0.4 is 20.7 Å². The lowest BCUT2D eigenvalue weighted by Gasteiger charge is -2.26. The van der Waals surface area contributed by atoms with Gasteiger partial charge in [0.2, 0.25) is 5.91 Å². The summed E-state index contributed by atoms with van der Waals surface area (Å²) in [6, 6.07) is 8.12. The first-order valence-corrected chi connectivity index (χ1v) is 8.07. The molecule has 1 aromatic carbocycles. The number of hydrogen-bond acceptors (Lipinski definition) is 5. The van der Waals surface area contributed by atoms with Crippen LogP contribution in [0.2, 0.25) is 5.02 Å². The molecule has 2 amide bonds. The number of nitrogens with zero attached hydrogens (tertiary/aromatic N) is 1. The lowest BCUT2D eigenvalue weighted by atomic mass is 10.0. The summed E-state index contributed by atoms with van der Waals surface area (Å²) < 4.78 is 5.17. The highest BCUT2D eigenvalue weighted by Gasteiger charge is 2.26. The minimum absolute atomic E-state index is 0.0871. The van der Waals surface area contributed by atoms with Crippen molar-refractivity contribution in [3.8, 4) is 5.75 Å². The maximum atomic E-state index is 12.6. The van der Waals surface area contributed by atoms with Gasteiger partial charge in [-0.1, -0.05) is 11.6 Å². The zero-order valence-corrected chi connectivity index (χ0v) is 14.3. The van der Waals surface area contributed by atoms with Gasteiger partial charge in [-0.3, -0.25) is 9.59 Å². The van der Waals surface area contributed by atoms with Crippen molar-refractivity contribution < 1.29 is 14.3 Å². The molecule has 0 unspecified atom stereocenters. The molecule has 2 heterocycles. The number of amides is 2. The van der Waals surface area contributed by atoms with E-state index in [1.807, 2.05) is 0 Å². The molecule has 1 saturated heterocycles. The van der Waals surface area contributed by atoms with Crippen LogP contribution in [0.25, 0.3) is 0 Å². The minimum atomic E-state index is -0.407. The van der Waals surface area contributed by atoms with Gasteiger partial charge in [0.25, 0.3) is 5.91 Å². The zero-order valence-electron chi connectivity index (χ0n) is 13.5. The summed E-state index contributed by atoms with van der Waals surface area (Å²) in [5.74, 6) is 0.254. The summed E-state index contributed by atoms with van der Waals surface area (Å²) in [6.07, 6.45) is 1.44. The zero-order chi connectivity index (χ0) is 17.8. The number of carbonyl (C=O) groups is 2. The molecule has 1 aromatic heterocycles. The van der Waals surface area contributed by atoms with Gasteiger partial charge in [-0.05, 0) is 30.3 Å². The van der Waals surface area contributed by atoms with Crippen LogP contribution in [0.3, 0.4) is 0 Å². The number of halogens is 1. The third kappa shape index (κ3) is 4.07. The van der Waals surface area contributed by atoms with Gasteiger partial charge in [-0.15, -0.1) is 0 Å². The van der Waals surface area contributed by atoms with E-state index in [1.165, 1.54) is 13.3 Å². The monoisotopic (exact) mass is 360 g/mol. The van der Waals surface area contributed by atoms with Gasteiger partial charge >= 0.3 is 0 Å². The lowest BCUT2D eigenvalue weighted by Crippen LogP contribution is -2.48. The molecule has 8 heteroatoms. The number of aromatic nitrogens is 1. The molecular formula is C17H17ClN4O3. The number of ether oxygens (including phenoxy) is 1. The predicted octanol–water partition coefficient (Wildman–Crippen LogP) is 2.15. The van der Waals surface area contributed by atoms with Crippen molar-refractivity contribution in [2.45, 2.75) is 0 Å². The molecule has 0 spiro atoms. The lowest BCUT2D eigenvalue weighted by molar-refractivity contribution is -0.121. The Morgan fingerprint density at radius 2 is 2.04 bits per heavy atom. The Kier molecular flexibility index (Phi) is 5.16. The van der Waals surface area contributed by atoms with E-state index in [2.05, 4.69) is 20.9 Å². The fourth-order valence-electron chi connectivity index (χ4n) is 2.29. The van der Waals surface area contributed by atoms with Gasteiger partial charge in [-0.2, -0.15) is 0 Å². The third-order valence-electron chi connectivity index (χ3n) is 3.85. The Bertz CT molecular complexity index is 791. The minimum Gasteiger partial charge on any atom is -0.497 e. The summed E-state index contributed by atoms with van der Waals surface area (Å²) >= 11 is 5.79. The summed E-state index contributed by atoms with van der Waals surface area (Å²) in [7, 11) is 1.51. The highest BCUT2D eigenvalue weighted by Crippen LogP contribution is 2.24. The quantitative estimate of drug-likeness (QED) is 0.759. The van der Waals surface area contributed by atoms with Crippen molar-refractivity contribution in [3.05, 3.63) is 47.1 Å². The Labute approximate surface area is 149 Å². The van der Waals surface area contributed by atoms with Crippen molar-refractivity contribution in [2.24, 2.45) is 5.92 Å². The van der Waals surface area contributed by atoms with Crippen LogP contribution in [0.15, 0.2) is 36.5 Å². The molecule has 0 atom stereocenters. The first-order chi connectivity index (χ1) is 12.1. The van der Waals surface area contributed by atoms with Crippen LogP contribution in [-0.2, 0) is 4.79 Å². The SMILES string of the molecule is COc1ccc(NC(=O)C2CNC2)c(C(=O)Nc2ccc(Cl)cn2)c1. The molecule has 2 aromatic rings. The largest absolute Gasteiger partial charge is 0.497 e. The number of methoxy groups -OCH3 is 1. The maximum absolute atomic E-state index is 12.6. The molecule has 1 aliphatic heterocycles. The van der Waals surface area contributed by atoms with E-state index in [4.69, 9.17) is 16.3 Å². The maximum Gasteiger partial charge on any atom is 0.259 e. The number of nitrogens with one attached hydrogen (secondary N) is 3. The van der Waals surface area contributed by atoms with E-state index >= 15 is 0 Å². The van der Waals surface area contributed by atoms with Crippen LogP contribution in [0.1, 0.15) is 10.4 Å². The van der Waals surface area contributed by atoms with E-state index in [0.717, 1.165) is 0 Å². The van der Waals surface area contributed by atoms with Crippen molar-refractivity contribution in [1.29, 1.82) is 0 Å². The Balaban J connectivity index is 1.82. The Morgan fingerprint density at radius 1 is 1.24 bits per heavy atom. The number of benzene rings is 1. The second-order valence-electron chi connectivity index (χ2n) is 5.57. The van der Waals surface area contributed by atoms with E-state index in [1.54, 1.807) is 30.3 Å². The standard InChI is InChI=1S/C17H17ClN4O3/c1-25-12-3-4-14(21-16(23)10-7-19-8-10)13(6-12)17(24)22-15-5-2-11(18)9-20-15/h2-6,9-10,19H,7-8H2,1H3,(H,21,23)(H,20,22,24). The topological polar surface area (TPSA) is 92.4 Å². The van der Waals surface area contributed by atoms with Gasteiger partial charge in [0.1, 0.15) is 11.6 Å². The number of carbonyl (C=O) groups excluding carboxylic acids is 2. The summed E-state index contributed by atoms with van der Waals surface area (Å²) in [4.78, 5) is 28.8. The van der Waals surface area contributed by atoms with Gasteiger partial charge < -0.3 is 20.7 Å². The van der Waals surface area contributed by atoms with Crippen molar-refractivity contribution in [3.63, 3.8) is 0 Å². The molecule has 3 rings (SSSR count). The molecule has 3 N–H and O–H groups in total. The van der Waals surface area contributed by atoms with Crippen LogP contribution >= 0.6 is 11.6 Å². The molecule has 0 saturated carbocycles. The summed E-state index contributed by atoms with van der Waals surface area (Å²) in [5, 5.41) is 9.00. The number of anilines is 2. The molecule has 1 fully saturated rings. The number of hydrogen-bond donors (Lipinski definition) is 3. The molecule has 0 aliphatic carbocycles. The molecule has 0 radical (unpaired) electrons. The van der Waals surface area contributed by atoms with Gasteiger partial charge in [0, 0.05) is 19.3 Å². The average molecular weight is 361 g/mol. The van der Waals surface area contributed by atoms with Gasteiger partial charge in [0.05, 0.1) is 29.3 Å². The highest BCUT2D eigenvalue weighted by molar-refractivity contribution is 6.30. The normalized spacial score (nSPS) is 13.7. The Morgan fingerprint density at radius 3 is 2.64 bits per heavy atom. The first-order valence-electron chi connectivity index (χ1n) is 7.69. The summed E-state index contributed by atoms with van der Waals surface area (Å²) in [6.45, 7) is 1.27. The van der Waals surface area contributed by atoms with Crippen molar-refractivity contribution in [2.75, 3.05) is 30.8 Å². The van der Waals surface area contributed by atoms with Crippen LogP contribution in [-0.4, -0.2) is 37.0 Å². The molecule has 1 aliphatic rings. The third-order valence-corrected chi connectivity index (χ3v) is 4.07. The Hall–Kier alpha value is -2.64. The van der Waals surface area contributed by atoms with Crippen molar-refractivity contribution in [1.82, 2.24) is 10.3 Å². The fraction of sp³-hybridized carbons (Fsp3) is 0.235. The number of pyridine rings is 1.